The van der Waals surface area contributed by atoms with Crippen LogP contribution in [0.25, 0.3) is 5.70 Å². The lowest BCUT2D eigenvalue weighted by Crippen LogP contribution is -2.32. The molecule has 2 N–H and O–H groups in total. The number of thiophene rings is 1. The Balaban J connectivity index is 1.31. The number of nitrogens with zero attached hydrogens (tertiary/aromatic N) is 2. The molecule has 1 atom stereocenters. The van der Waals surface area contributed by atoms with Crippen LogP contribution in [-0.4, -0.2) is 42.9 Å². The van der Waals surface area contributed by atoms with E-state index in [2.05, 4.69) is 15.9 Å². The number of hydroxylamine groups is 1. The highest BCUT2D eigenvalue weighted by molar-refractivity contribution is 7.17. The topological polar surface area (TPSA) is 66.0 Å². The number of hydrogen-bond donors (Lipinski definition) is 2. The maximum absolute atomic E-state index is 12.1. The molecule has 0 saturated carbocycles. The third-order valence-electron chi connectivity index (χ3n) is 4.36. The molecule has 140 valence electrons. The van der Waals surface area contributed by atoms with E-state index in [1.807, 2.05) is 41.6 Å². The number of carbonyl (C=O) groups excluding carboxylic acids is 1. The number of amides is 1. The van der Waals surface area contributed by atoms with Crippen LogP contribution >= 0.6 is 22.9 Å². The van der Waals surface area contributed by atoms with E-state index in [4.69, 9.17) is 16.4 Å². The molecule has 2 aromatic rings. The van der Waals surface area contributed by atoms with Gasteiger partial charge in [0, 0.05) is 13.1 Å². The minimum atomic E-state index is -0.230. The van der Waals surface area contributed by atoms with Crippen LogP contribution < -0.4 is 10.8 Å². The van der Waals surface area contributed by atoms with Gasteiger partial charge in [0.2, 0.25) is 0 Å². The summed E-state index contributed by atoms with van der Waals surface area (Å²) in [6.45, 7) is 2.46. The van der Waals surface area contributed by atoms with Crippen LogP contribution in [0, 0.1) is 0 Å². The van der Waals surface area contributed by atoms with Gasteiger partial charge >= 0.3 is 0 Å². The number of rotatable bonds is 6. The van der Waals surface area contributed by atoms with Gasteiger partial charge in [-0.15, -0.1) is 11.3 Å². The van der Waals surface area contributed by atoms with Crippen LogP contribution in [0.3, 0.4) is 0 Å². The third-order valence-corrected chi connectivity index (χ3v) is 5.59. The van der Waals surface area contributed by atoms with Crippen LogP contribution in [-0.2, 0) is 4.84 Å². The molecule has 3 heterocycles. The molecule has 1 fully saturated rings. The molecule has 1 amide bonds. The third kappa shape index (κ3) is 4.50. The lowest BCUT2D eigenvalue weighted by Gasteiger charge is -2.27. The average Bonchev–Trinajstić information content (AvgIpc) is 3.28. The van der Waals surface area contributed by atoms with Crippen molar-refractivity contribution in [2.24, 2.45) is 5.10 Å². The summed E-state index contributed by atoms with van der Waals surface area (Å²) in [7, 11) is 0. The zero-order valence-electron chi connectivity index (χ0n) is 14.5. The second-order valence-corrected chi connectivity index (χ2v) is 8.04. The minimum Gasteiger partial charge on any atom is -0.348 e. The van der Waals surface area contributed by atoms with Crippen molar-refractivity contribution < 1.29 is 9.63 Å². The molecule has 0 radical (unpaired) electrons. The summed E-state index contributed by atoms with van der Waals surface area (Å²) < 4.78 is 0.597. The van der Waals surface area contributed by atoms with Crippen molar-refractivity contribution in [2.75, 3.05) is 19.6 Å². The van der Waals surface area contributed by atoms with E-state index in [9.17, 15) is 4.79 Å². The fourth-order valence-electron chi connectivity index (χ4n) is 2.68. The van der Waals surface area contributed by atoms with Crippen molar-refractivity contribution in [3.8, 4) is 0 Å². The number of halogens is 1. The molecular formula is C19H19ClN4O2S. The highest BCUT2D eigenvalue weighted by Gasteiger charge is 2.19. The van der Waals surface area contributed by atoms with Gasteiger partial charge in [-0.3, -0.25) is 20.1 Å². The summed E-state index contributed by atoms with van der Waals surface area (Å²) >= 11 is 7.11. The number of carbonyl (C=O) groups is 1. The molecule has 1 saturated heterocycles. The van der Waals surface area contributed by atoms with E-state index >= 15 is 0 Å². The molecule has 8 heteroatoms. The van der Waals surface area contributed by atoms with E-state index in [-0.39, 0.29) is 12.0 Å². The van der Waals surface area contributed by atoms with Gasteiger partial charge in [-0.25, -0.2) is 0 Å². The number of hydrogen-bond acceptors (Lipinski definition) is 6. The first-order valence-electron chi connectivity index (χ1n) is 8.74. The summed E-state index contributed by atoms with van der Waals surface area (Å²) in [5, 5.41) is 9.31. The minimum absolute atomic E-state index is 0.150. The lowest BCUT2D eigenvalue weighted by atomic mass is 10.1. The van der Waals surface area contributed by atoms with Crippen LogP contribution in [0.15, 0.2) is 47.6 Å². The largest absolute Gasteiger partial charge is 0.348 e. The van der Waals surface area contributed by atoms with Crippen molar-refractivity contribution in [3.05, 3.63) is 62.8 Å². The maximum atomic E-state index is 12.1. The summed E-state index contributed by atoms with van der Waals surface area (Å²) in [6, 6.07) is 11.5. The first kappa shape index (κ1) is 18.0. The van der Waals surface area contributed by atoms with Gasteiger partial charge < -0.3 is 5.32 Å². The Bertz CT molecular complexity index is 874. The summed E-state index contributed by atoms with van der Waals surface area (Å²) in [5.74, 6) is -0.150. The van der Waals surface area contributed by atoms with Crippen molar-refractivity contribution in [3.63, 3.8) is 0 Å². The Labute approximate surface area is 166 Å². The van der Waals surface area contributed by atoms with Crippen LogP contribution in [0.4, 0.5) is 0 Å². The molecule has 1 aromatic carbocycles. The van der Waals surface area contributed by atoms with E-state index < -0.39 is 0 Å². The lowest BCUT2D eigenvalue weighted by molar-refractivity contribution is 0.0499. The smallest absolute Gasteiger partial charge is 0.261 e. The fraction of sp³-hybridized carbons (Fsp3) is 0.263. The quantitative estimate of drug-likeness (QED) is 0.728. The molecule has 0 spiro atoms. The van der Waals surface area contributed by atoms with Gasteiger partial charge in [-0.1, -0.05) is 35.9 Å². The van der Waals surface area contributed by atoms with Gasteiger partial charge in [-0.05, 0) is 35.8 Å². The van der Waals surface area contributed by atoms with Crippen LogP contribution in [0.5, 0.6) is 0 Å². The zero-order valence-corrected chi connectivity index (χ0v) is 16.1. The second kappa shape index (κ2) is 8.12. The Morgan fingerprint density at radius 2 is 2.15 bits per heavy atom. The molecular weight excluding hydrogens is 384 g/mol. The van der Waals surface area contributed by atoms with Crippen molar-refractivity contribution >= 4 is 40.8 Å². The predicted octanol–water partition coefficient (Wildman–Crippen LogP) is 3.12. The fourth-order valence-corrected chi connectivity index (χ4v) is 3.64. The molecule has 0 aliphatic carbocycles. The molecule has 6 nitrogen and oxygen atoms in total. The van der Waals surface area contributed by atoms with E-state index in [0.29, 0.717) is 15.8 Å². The summed E-state index contributed by atoms with van der Waals surface area (Å²) in [6.07, 6.45) is 4.83. The highest BCUT2D eigenvalue weighted by atomic mass is 35.5. The van der Waals surface area contributed by atoms with Crippen LogP contribution in [0.1, 0.15) is 27.2 Å². The van der Waals surface area contributed by atoms with Gasteiger partial charge in [0.05, 0.1) is 27.7 Å². The average molecular weight is 403 g/mol. The number of benzene rings is 1. The summed E-state index contributed by atoms with van der Waals surface area (Å²) in [4.78, 5) is 18.2. The first-order valence-corrected chi connectivity index (χ1v) is 9.93. The van der Waals surface area contributed by atoms with Crippen LogP contribution in [0.2, 0.25) is 4.34 Å². The van der Waals surface area contributed by atoms with E-state index in [0.717, 1.165) is 29.9 Å². The van der Waals surface area contributed by atoms with Crippen molar-refractivity contribution in [1.82, 2.24) is 15.8 Å². The molecule has 1 unspecified atom stereocenters. The number of nitrogens with one attached hydrogen (secondary N) is 2. The molecule has 2 aliphatic rings. The zero-order chi connectivity index (χ0) is 18.6. The molecule has 27 heavy (non-hydrogen) atoms. The molecule has 1 aromatic heterocycles. The standard InChI is InChI=1S/C19H19ClN4O2S/c20-18-7-6-17(27-18)19(25)21-12-15-10-16(23-26-15)14-4-2-13(3-5-14)11-22-24-8-1-9-24/h2-7,10-11,15,23H,1,8-9,12H2,(H,21,25). The summed E-state index contributed by atoms with van der Waals surface area (Å²) in [5.41, 5.74) is 5.90. The molecule has 4 rings (SSSR count). The highest BCUT2D eigenvalue weighted by Crippen LogP contribution is 2.22. The van der Waals surface area contributed by atoms with Gasteiger partial charge in [0.15, 0.2) is 0 Å². The Hall–Kier alpha value is -2.35. The van der Waals surface area contributed by atoms with Gasteiger partial charge in [0.25, 0.3) is 5.91 Å². The monoisotopic (exact) mass is 402 g/mol. The van der Waals surface area contributed by atoms with Gasteiger partial charge in [0.1, 0.15) is 6.10 Å². The van der Waals surface area contributed by atoms with E-state index in [1.54, 1.807) is 12.1 Å². The van der Waals surface area contributed by atoms with E-state index in [1.165, 1.54) is 17.8 Å². The van der Waals surface area contributed by atoms with Gasteiger partial charge in [-0.2, -0.15) is 5.10 Å². The first-order chi connectivity index (χ1) is 13.2. The molecule has 0 bridgehead atoms. The van der Waals surface area contributed by atoms with Crippen molar-refractivity contribution in [1.29, 1.82) is 0 Å². The Kier molecular flexibility index (Phi) is 5.42. The number of hydrazone groups is 1. The Morgan fingerprint density at radius 3 is 2.81 bits per heavy atom. The molecule has 2 aliphatic heterocycles. The Morgan fingerprint density at radius 1 is 1.33 bits per heavy atom. The SMILES string of the molecule is O=C(NCC1C=C(c2ccc(C=NN3CCC3)cc2)NO1)c1ccc(Cl)s1. The normalized spacial score (nSPS) is 18.9. The van der Waals surface area contributed by atoms with Crippen molar-refractivity contribution in [2.45, 2.75) is 12.5 Å². The predicted molar refractivity (Wildman–Crippen MR) is 108 cm³/mol. The second-order valence-electron chi connectivity index (χ2n) is 6.33. The maximum Gasteiger partial charge on any atom is 0.261 e.